The van der Waals surface area contributed by atoms with Crippen LogP contribution in [0.15, 0.2) is 0 Å². The second-order valence-corrected chi connectivity index (χ2v) is 4.14. The third-order valence-corrected chi connectivity index (χ3v) is 2.77. The average molecular weight is 245 g/mol. The Kier molecular flexibility index (Phi) is 8.39. The van der Waals surface area contributed by atoms with E-state index in [4.69, 9.17) is 17.3 Å². The second kappa shape index (κ2) is 9.07. The number of aliphatic carboxylic acids is 1. The van der Waals surface area contributed by atoms with Crippen LogP contribution in [0.5, 0.6) is 0 Å². The summed E-state index contributed by atoms with van der Waals surface area (Å²) in [6.07, 6.45) is 5.83. The summed E-state index contributed by atoms with van der Waals surface area (Å²) in [4.78, 5) is 21.3. The SMILES string of the molecule is C#CCOC(=O)CCCSC[C@H](N)C(=O)O. The van der Waals surface area contributed by atoms with E-state index < -0.39 is 12.0 Å². The van der Waals surface area contributed by atoms with Crippen LogP contribution in [0, 0.1) is 12.3 Å². The summed E-state index contributed by atoms with van der Waals surface area (Å²) in [6.45, 7) is -0.00410. The fourth-order valence-electron chi connectivity index (χ4n) is 0.794. The van der Waals surface area contributed by atoms with Gasteiger partial charge in [0.25, 0.3) is 0 Å². The zero-order chi connectivity index (χ0) is 12.4. The van der Waals surface area contributed by atoms with Crippen molar-refractivity contribution in [3.63, 3.8) is 0 Å². The molecule has 90 valence electrons. The van der Waals surface area contributed by atoms with Gasteiger partial charge in [0.15, 0.2) is 6.61 Å². The molecule has 0 aromatic rings. The lowest BCUT2D eigenvalue weighted by Crippen LogP contribution is -2.32. The van der Waals surface area contributed by atoms with Crippen molar-refractivity contribution in [2.24, 2.45) is 5.73 Å². The standard InChI is InChI=1S/C10H15NO4S/c1-2-5-15-9(12)4-3-6-16-7-8(11)10(13)14/h1,8H,3-7,11H2,(H,13,14)/t8-/m0/s1. The van der Waals surface area contributed by atoms with Crippen LogP contribution in [0.3, 0.4) is 0 Å². The van der Waals surface area contributed by atoms with Gasteiger partial charge in [-0.1, -0.05) is 5.92 Å². The van der Waals surface area contributed by atoms with Gasteiger partial charge in [-0.25, -0.2) is 0 Å². The topological polar surface area (TPSA) is 89.6 Å². The first-order valence-corrected chi connectivity index (χ1v) is 5.88. The molecule has 3 N–H and O–H groups in total. The number of esters is 1. The fourth-order valence-corrected chi connectivity index (χ4v) is 1.71. The molecule has 0 saturated heterocycles. The summed E-state index contributed by atoms with van der Waals surface area (Å²) >= 11 is 1.40. The predicted octanol–water partition coefficient (Wildman–Crippen LogP) is 0.0881. The maximum absolute atomic E-state index is 11.0. The van der Waals surface area contributed by atoms with Crippen molar-refractivity contribution in [2.75, 3.05) is 18.1 Å². The number of terminal acetylenes is 1. The van der Waals surface area contributed by atoms with E-state index >= 15 is 0 Å². The van der Waals surface area contributed by atoms with E-state index in [1.165, 1.54) is 11.8 Å². The van der Waals surface area contributed by atoms with Crippen molar-refractivity contribution in [3.05, 3.63) is 0 Å². The summed E-state index contributed by atoms with van der Waals surface area (Å²) in [7, 11) is 0. The average Bonchev–Trinajstić information content (AvgIpc) is 2.25. The molecule has 0 saturated carbocycles. The molecule has 0 amide bonds. The molecule has 0 bridgehead atoms. The number of carbonyl (C=O) groups excluding carboxylic acids is 1. The lowest BCUT2D eigenvalue weighted by Gasteiger charge is -2.05. The molecule has 6 heteroatoms. The van der Waals surface area contributed by atoms with E-state index in [-0.39, 0.29) is 19.0 Å². The largest absolute Gasteiger partial charge is 0.480 e. The van der Waals surface area contributed by atoms with Crippen molar-refractivity contribution in [1.82, 2.24) is 0 Å². The van der Waals surface area contributed by atoms with Crippen molar-refractivity contribution < 1.29 is 19.4 Å². The summed E-state index contributed by atoms with van der Waals surface area (Å²) < 4.78 is 4.65. The number of carboxylic acid groups (broad SMARTS) is 1. The Morgan fingerprint density at radius 2 is 2.25 bits per heavy atom. The minimum atomic E-state index is -1.01. The van der Waals surface area contributed by atoms with Crippen molar-refractivity contribution in [3.8, 4) is 12.3 Å². The van der Waals surface area contributed by atoms with E-state index in [1.807, 2.05) is 0 Å². The Labute approximate surface area is 98.7 Å². The molecule has 16 heavy (non-hydrogen) atoms. The molecular weight excluding hydrogens is 230 g/mol. The van der Waals surface area contributed by atoms with Gasteiger partial charge in [0.05, 0.1) is 0 Å². The molecule has 0 aliphatic carbocycles. The van der Waals surface area contributed by atoms with Gasteiger partial charge in [-0.3, -0.25) is 9.59 Å². The monoisotopic (exact) mass is 245 g/mol. The minimum Gasteiger partial charge on any atom is -0.480 e. The van der Waals surface area contributed by atoms with Crippen LogP contribution in [-0.2, 0) is 14.3 Å². The predicted molar refractivity (Wildman–Crippen MR) is 62.0 cm³/mol. The fraction of sp³-hybridized carbons (Fsp3) is 0.600. The molecule has 0 aliphatic heterocycles. The van der Waals surface area contributed by atoms with Crippen LogP contribution >= 0.6 is 11.8 Å². The van der Waals surface area contributed by atoms with Crippen molar-refractivity contribution >= 4 is 23.7 Å². The summed E-state index contributed by atoms with van der Waals surface area (Å²) in [5, 5.41) is 8.49. The molecular formula is C10H15NO4S. The molecule has 5 nitrogen and oxygen atoms in total. The number of thioether (sulfide) groups is 1. The number of carboxylic acids is 1. The third kappa shape index (κ3) is 8.15. The number of hydrogen-bond donors (Lipinski definition) is 2. The maximum Gasteiger partial charge on any atom is 0.321 e. The Morgan fingerprint density at radius 3 is 2.81 bits per heavy atom. The van der Waals surface area contributed by atoms with E-state index in [1.54, 1.807) is 0 Å². The Balaban J connectivity index is 3.37. The lowest BCUT2D eigenvalue weighted by atomic mass is 10.3. The van der Waals surface area contributed by atoms with Gasteiger partial charge in [0.2, 0.25) is 0 Å². The highest BCUT2D eigenvalue weighted by atomic mass is 32.2. The van der Waals surface area contributed by atoms with E-state index in [0.717, 1.165) is 0 Å². The number of ether oxygens (including phenoxy) is 1. The van der Waals surface area contributed by atoms with Gasteiger partial charge in [-0.2, -0.15) is 11.8 Å². The van der Waals surface area contributed by atoms with Gasteiger partial charge < -0.3 is 15.6 Å². The highest BCUT2D eigenvalue weighted by Gasteiger charge is 2.10. The van der Waals surface area contributed by atoms with Gasteiger partial charge in [-0.05, 0) is 12.2 Å². The third-order valence-electron chi connectivity index (χ3n) is 1.60. The second-order valence-electron chi connectivity index (χ2n) is 2.99. The summed E-state index contributed by atoms with van der Waals surface area (Å²) in [6, 6.07) is -0.849. The summed E-state index contributed by atoms with van der Waals surface area (Å²) in [5.41, 5.74) is 5.29. The minimum absolute atomic E-state index is 0.00410. The molecule has 0 aromatic carbocycles. The quantitative estimate of drug-likeness (QED) is 0.358. The zero-order valence-corrected chi connectivity index (χ0v) is 9.66. The Morgan fingerprint density at radius 1 is 1.56 bits per heavy atom. The molecule has 0 heterocycles. The molecule has 0 spiro atoms. The Hall–Kier alpha value is -1.19. The zero-order valence-electron chi connectivity index (χ0n) is 8.85. The molecule has 1 atom stereocenters. The van der Waals surface area contributed by atoms with Crippen LogP contribution in [0.1, 0.15) is 12.8 Å². The number of hydrogen-bond acceptors (Lipinski definition) is 5. The smallest absolute Gasteiger partial charge is 0.321 e. The number of rotatable bonds is 8. The van der Waals surface area contributed by atoms with Crippen LogP contribution in [-0.4, -0.2) is 41.2 Å². The van der Waals surface area contributed by atoms with E-state index in [9.17, 15) is 9.59 Å². The van der Waals surface area contributed by atoms with Crippen molar-refractivity contribution in [1.29, 1.82) is 0 Å². The van der Waals surface area contributed by atoms with Gasteiger partial charge in [0.1, 0.15) is 6.04 Å². The van der Waals surface area contributed by atoms with Crippen LogP contribution in [0.4, 0.5) is 0 Å². The highest BCUT2D eigenvalue weighted by Crippen LogP contribution is 2.06. The molecule has 0 rings (SSSR count). The van der Waals surface area contributed by atoms with Crippen molar-refractivity contribution in [2.45, 2.75) is 18.9 Å². The van der Waals surface area contributed by atoms with E-state index in [2.05, 4.69) is 10.7 Å². The van der Waals surface area contributed by atoms with Crippen LogP contribution < -0.4 is 5.73 Å². The van der Waals surface area contributed by atoms with Crippen LogP contribution in [0.2, 0.25) is 0 Å². The van der Waals surface area contributed by atoms with Gasteiger partial charge >= 0.3 is 11.9 Å². The molecule has 0 fully saturated rings. The Bertz CT molecular complexity index is 274. The van der Waals surface area contributed by atoms with Crippen LogP contribution in [0.25, 0.3) is 0 Å². The lowest BCUT2D eigenvalue weighted by molar-refractivity contribution is -0.142. The molecule has 0 aliphatic rings. The first kappa shape index (κ1) is 14.8. The summed E-state index contributed by atoms with van der Waals surface area (Å²) in [5.74, 6) is 1.87. The maximum atomic E-state index is 11.0. The normalized spacial score (nSPS) is 11.5. The first-order valence-electron chi connectivity index (χ1n) is 4.73. The molecule has 0 radical (unpaired) electrons. The van der Waals surface area contributed by atoms with Gasteiger partial charge in [-0.15, -0.1) is 6.42 Å². The first-order chi connectivity index (χ1) is 7.57. The highest BCUT2D eigenvalue weighted by molar-refractivity contribution is 7.99. The van der Waals surface area contributed by atoms with Gasteiger partial charge in [0, 0.05) is 12.2 Å². The van der Waals surface area contributed by atoms with E-state index in [0.29, 0.717) is 17.9 Å². The number of carbonyl (C=O) groups is 2. The number of nitrogens with two attached hydrogens (primary N) is 1. The molecule has 0 unspecified atom stereocenters. The molecule has 0 aromatic heterocycles.